The molecule has 1 aromatic carbocycles. The van der Waals surface area contributed by atoms with E-state index in [1.165, 1.54) is 6.07 Å². The summed E-state index contributed by atoms with van der Waals surface area (Å²) < 4.78 is 32.7. The zero-order valence-corrected chi connectivity index (χ0v) is 12.7. The monoisotopic (exact) mass is 297 g/mol. The van der Waals surface area contributed by atoms with Gasteiger partial charge in [-0.2, -0.15) is 0 Å². The summed E-state index contributed by atoms with van der Waals surface area (Å²) in [7, 11) is 0. The lowest BCUT2D eigenvalue weighted by molar-refractivity contribution is 0.0995. The topological polar surface area (TPSA) is 21.3 Å². The molecule has 2 rings (SSSR count). The van der Waals surface area contributed by atoms with Crippen molar-refractivity contribution in [2.75, 3.05) is 13.2 Å². The van der Waals surface area contributed by atoms with Crippen LogP contribution in [0.3, 0.4) is 0 Å². The summed E-state index contributed by atoms with van der Waals surface area (Å²) in [6, 6.07) is 4.58. The molecule has 0 aliphatic carbocycles. The molecule has 2 unspecified atom stereocenters. The summed E-state index contributed by atoms with van der Waals surface area (Å²) >= 11 is 0. The van der Waals surface area contributed by atoms with Crippen molar-refractivity contribution < 1.29 is 13.5 Å². The quantitative estimate of drug-likeness (QED) is 0.787. The minimum atomic E-state index is -0.763. The van der Waals surface area contributed by atoms with Crippen LogP contribution in [-0.2, 0) is 11.2 Å². The van der Waals surface area contributed by atoms with Gasteiger partial charge in [-0.15, -0.1) is 0 Å². The maximum Gasteiger partial charge on any atom is 0.162 e. The van der Waals surface area contributed by atoms with E-state index in [0.717, 1.165) is 45.3 Å². The molecule has 21 heavy (non-hydrogen) atoms. The summed E-state index contributed by atoms with van der Waals surface area (Å²) in [6.07, 6.45) is 6.07. The minimum absolute atomic E-state index is 0.172. The fourth-order valence-corrected chi connectivity index (χ4v) is 2.86. The van der Waals surface area contributed by atoms with E-state index in [9.17, 15) is 8.78 Å². The number of ether oxygens (including phenoxy) is 1. The normalized spacial score (nSPS) is 19.9. The lowest BCUT2D eigenvalue weighted by Gasteiger charge is -2.20. The number of benzene rings is 1. The van der Waals surface area contributed by atoms with E-state index in [-0.39, 0.29) is 6.04 Å². The summed E-state index contributed by atoms with van der Waals surface area (Å²) in [5.41, 5.74) is 0.455. The van der Waals surface area contributed by atoms with Gasteiger partial charge in [-0.25, -0.2) is 8.78 Å². The van der Waals surface area contributed by atoms with Gasteiger partial charge in [0.25, 0.3) is 0 Å². The second kappa shape index (κ2) is 8.44. The zero-order valence-electron chi connectivity index (χ0n) is 12.7. The van der Waals surface area contributed by atoms with Crippen molar-refractivity contribution in [1.82, 2.24) is 5.32 Å². The summed E-state index contributed by atoms with van der Waals surface area (Å²) in [5.74, 6) is -1.47. The number of nitrogens with one attached hydrogen (secondary N) is 1. The van der Waals surface area contributed by atoms with Crippen LogP contribution in [0.15, 0.2) is 18.2 Å². The largest absolute Gasteiger partial charge is 0.378 e. The fourth-order valence-electron chi connectivity index (χ4n) is 2.86. The molecule has 2 nitrogen and oxygen atoms in total. The Kier molecular flexibility index (Phi) is 6.58. The molecule has 118 valence electrons. The lowest BCUT2D eigenvalue weighted by Crippen LogP contribution is -2.33. The Morgan fingerprint density at radius 1 is 1.38 bits per heavy atom. The van der Waals surface area contributed by atoms with Crippen LogP contribution in [0.2, 0.25) is 0 Å². The molecule has 1 aliphatic heterocycles. The van der Waals surface area contributed by atoms with E-state index in [1.54, 1.807) is 12.1 Å². The molecule has 1 heterocycles. The smallest absolute Gasteiger partial charge is 0.162 e. The van der Waals surface area contributed by atoms with Crippen molar-refractivity contribution in [1.29, 1.82) is 0 Å². The van der Waals surface area contributed by atoms with E-state index in [4.69, 9.17) is 4.74 Å². The first-order valence-electron chi connectivity index (χ1n) is 7.98. The average Bonchev–Trinajstić information content (AvgIpc) is 2.99. The Hall–Kier alpha value is -1.00. The van der Waals surface area contributed by atoms with E-state index in [1.807, 2.05) is 0 Å². The van der Waals surface area contributed by atoms with E-state index in [2.05, 4.69) is 12.2 Å². The Bertz CT molecular complexity index is 433. The average molecular weight is 297 g/mol. The summed E-state index contributed by atoms with van der Waals surface area (Å²) in [6.45, 7) is 3.86. The van der Waals surface area contributed by atoms with Crippen molar-refractivity contribution in [2.45, 2.75) is 57.6 Å². The molecule has 1 aromatic rings. The molecule has 0 aromatic heterocycles. The van der Waals surface area contributed by atoms with Gasteiger partial charge >= 0.3 is 0 Å². The molecule has 0 amide bonds. The first kappa shape index (κ1) is 16.4. The standard InChI is InChI=1S/C17H25F2NO/c1-2-10-20-14(8-9-15-6-4-11-21-15)12-13-5-3-7-16(18)17(13)19/h3,5,7,14-15,20H,2,4,6,8-12H2,1H3. The van der Waals surface area contributed by atoms with Crippen LogP contribution in [0, 0.1) is 11.6 Å². The van der Waals surface area contributed by atoms with Gasteiger partial charge in [0, 0.05) is 12.6 Å². The molecule has 0 radical (unpaired) electrons. The highest BCUT2D eigenvalue weighted by molar-refractivity contribution is 5.20. The highest BCUT2D eigenvalue weighted by atomic mass is 19.2. The number of halogens is 2. The van der Waals surface area contributed by atoms with Gasteiger partial charge in [-0.05, 0) is 56.7 Å². The van der Waals surface area contributed by atoms with Gasteiger partial charge < -0.3 is 10.1 Å². The highest BCUT2D eigenvalue weighted by Crippen LogP contribution is 2.20. The van der Waals surface area contributed by atoms with Crippen LogP contribution < -0.4 is 5.32 Å². The third kappa shape index (κ3) is 5.04. The van der Waals surface area contributed by atoms with Crippen LogP contribution in [0.5, 0.6) is 0 Å². The predicted molar refractivity (Wildman–Crippen MR) is 80.4 cm³/mol. The summed E-state index contributed by atoms with van der Waals surface area (Å²) in [5, 5.41) is 3.44. The third-order valence-corrected chi connectivity index (χ3v) is 4.04. The van der Waals surface area contributed by atoms with Gasteiger partial charge in [0.2, 0.25) is 0 Å². The number of hydrogen-bond acceptors (Lipinski definition) is 2. The SMILES string of the molecule is CCCNC(CCC1CCCO1)Cc1cccc(F)c1F. The van der Waals surface area contributed by atoms with Crippen LogP contribution in [0.1, 0.15) is 44.6 Å². The molecule has 0 spiro atoms. The molecular formula is C17H25F2NO. The second-order valence-electron chi connectivity index (χ2n) is 5.78. The molecule has 1 fully saturated rings. The molecule has 1 saturated heterocycles. The highest BCUT2D eigenvalue weighted by Gasteiger charge is 2.19. The first-order chi connectivity index (χ1) is 10.2. The molecule has 0 saturated carbocycles. The minimum Gasteiger partial charge on any atom is -0.378 e. The maximum atomic E-state index is 13.8. The molecule has 2 atom stereocenters. The van der Waals surface area contributed by atoms with E-state index >= 15 is 0 Å². The fraction of sp³-hybridized carbons (Fsp3) is 0.647. The van der Waals surface area contributed by atoms with Gasteiger partial charge in [-0.1, -0.05) is 19.1 Å². The van der Waals surface area contributed by atoms with Crippen molar-refractivity contribution in [3.8, 4) is 0 Å². The maximum absolute atomic E-state index is 13.8. The Morgan fingerprint density at radius 3 is 2.95 bits per heavy atom. The van der Waals surface area contributed by atoms with Gasteiger partial charge in [0.05, 0.1) is 6.10 Å². The molecule has 1 N–H and O–H groups in total. The summed E-state index contributed by atoms with van der Waals surface area (Å²) in [4.78, 5) is 0. The lowest BCUT2D eigenvalue weighted by atomic mass is 9.98. The zero-order chi connectivity index (χ0) is 15.1. The van der Waals surface area contributed by atoms with Crippen molar-refractivity contribution in [3.05, 3.63) is 35.4 Å². The van der Waals surface area contributed by atoms with Crippen molar-refractivity contribution in [2.24, 2.45) is 0 Å². The van der Waals surface area contributed by atoms with Gasteiger partial charge in [0.15, 0.2) is 11.6 Å². The third-order valence-electron chi connectivity index (χ3n) is 4.04. The van der Waals surface area contributed by atoms with Gasteiger partial charge in [-0.3, -0.25) is 0 Å². The van der Waals surface area contributed by atoms with Crippen LogP contribution >= 0.6 is 0 Å². The van der Waals surface area contributed by atoms with Gasteiger partial charge in [0.1, 0.15) is 0 Å². The Balaban J connectivity index is 1.92. The van der Waals surface area contributed by atoms with Crippen molar-refractivity contribution in [3.63, 3.8) is 0 Å². The Labute approximate surface area is 125 Å². The second-order valence-corrected chi connectivity index (χ2v) is 5.78. The Morgan fingerprint density at radius 2 is 2.24 bits per heavy atom. The molecule has 4 heteroatoms. The number of hydrogen-bond donors (Lipinski definition) is 1. The molecule has 1 aliphatic rings. The van der Waals surface area contributed by atoms with Crippen LogP contribution in [0.25, 0.3) is 0 Å². The number of rotatable bonds is 8. The van der Waals surface area contributed by atoms with E-state index in [0.29, 0.717) is 18.1 Å². The predicted octanol–water partition coefficient (Wildman–Crippen LogP) is 3.83. The van der Waals surface area contributed by atoms with Crippen LogP contribution in [0.4, 0.5) is 8.78 Å². The molecular weight excluding hydrogens is 272 g/mol. The van der Waals surface area contributed by atoms with Crippen molar-refractivity contribution >= 4 is 0 Å². The van der Waals surface area contributed by atoms with E-state index < -0.39 is 11.6 Å². The van der Waals surface area contributed by atoms with Crippen LogP contribution in [-0.4, -0.2) is 25.3 Å². The first-order valence-corrected chi connectivity index (χ1v) is 7.98. The molecule has 0 bridgehead atoms.